The highest BCUT2D eigenvalue weighted by molar-refractivity contribution is 6.42. The van der Waals surface area contributed by atoms with Crippen molar-refractivity contribution in [2.45, 2.75) is 57.1 Å². The molecule has 0 spiro atoms. The predicted octanol–water partition coefficient (Wildman–Crippen LogP) is 4.74. The normalized spacial score (nSPS) is 26.5. The minimum Gasteiger partial charge on any atom is -0.489 e. The Kier molecular flexibility index (Phi) is 6.68. The molecule has 5 heteroatoms. The highest BCUT2D eigenvalue weighted by Crippen LogP contribution is 2.33. The van der Waals surface area contributed by atoms with Crippen molar-refractivity contribution < 1.29 is 4.74 Å². The Morgan fingerprint density at radius 1 is 1.04 bits per heavy atom. The van der Waals surface area contributed by atoms with Crippen molar-refractivity contribution in [3.8, 4) is 5.75 Å². The number of likely N-dealkylation sites (tertiary alicyclic amines) is 1. The fourth-order valence-corrected chi connectivity index (χ4v) is 4.18. The van der Waals surface area contributed by atoms with Gasteiger partial charge in [0.05, 0.1) is 5.02 Å². The lowest BCUT2D eigenvalue weighted by molar-refractivity contribution is 0.0953. The van der Waals surface area contributed by atoms with Crippen LogP contribution in [0.3, 0.4) is 0 Å². The van der Waals surface area contributed by atoms with E-state index in [1.54, 1.807) is 6.07 Å². The highest BCUT2D eigenvalue weighted by atomic mass is 35.5. The van der Waals surface area contributed by atoms with Gasteiger partial charge in [-0.25, -0.2) is 0 Å². The van der Waals surface area contributed by atoms with Crippen LogP contribution in [0.5, 0.6) is 5.75 Å². The van der Waals surface area contributed by atoms with Gasteiger partial charge in [0.1, 0.15) is 16.9 Å². The van der Waals surface area contributed by atoms with E-state index in [-0.39, 0.29) is 6.10 Å². The van der Waals surface area contributed by atoms with Crippen molar-refractivity contribution in [1.82, 2.24) is 4.90 Å². The van der Waals surface area contributed by atoms with Crippen LogP contribution in [0.1, 0.15) is 44.9 Å². The molecule has 2 fully saturated rings. The molecule has 0 aromatic heterocycles. The lowest BCUT2D eigenvalue weighted by Gasteiger charge is -2.34. The van der Waals surface area contributed by atoms with E-state index in [2.05, 4.69) is 4.90 Å². The maximum absolute atomic E-state index is 6.21. The summed E-state index contributed by atoms with van der Waals surface area (Å²) in [5, 5.41) is 1.08. The van der Waals surface area contributed by atoms with E-state index in [9.17, 15) is 0 Å². The molecule has 2 N–H and O–H groups in total. The molecule has 1 saturated carbocycles. The maximum Gasteiger partial charge on any atom is 0.139 e. The van der Waals surface area contributed by atoms with Gasteiger partial charge in [0.15, 0.2) is 0 Å². The largest absolute Gasteiger partial charge is 0.489 e. The third kappa shape index (κ3) is 5.01. The summed E-state index contributed by atoms with van der Waals surface area (Å²) < 4.78 is 6.06. The Morgan fingerprint density at radius 2 is 1.75 bits per heavy atom. The van der Waals surface area contributed by atoms with E-state index in [1.807, 2.05) is 12.1 Å². The van der Waals surface area contributed by atoms with Gasteiger partial charge in [0.25, 0.3) is 0 Å². The first-order valence-corrected chi connectivity index (χ1v) is 9.96. The molecule has 0 amide bonds. The molecule has 3 nitrogen and oxygen atoms in total. The fourth-order valence-electron chi connectivity index (χ4n) is 3.85. The first-order valence-electron chi connectivity index (χ1n) is 9.20. The number of ether oxygens (including phenoxy) is 1. The van der Waals surface area contributed by atoms with Crippen molar-refractivity contribution in [2.75, 3.05) is 19.6 Å². The number of hydrogen-bond acceptors (Lipinski definition) is 3. The number of halogens is 2. The Balaban J connectivity index is 1.39. The van der Waals surface area contributed by atoms with Crippen LogP contribution in [0, 0.1) is 5.92 Å². The number of hydrogen-bond donors (Lipinski definition) is 1. The van der Waals surface area contributed by atoms with E-state index >= 15 is 0 Å². The van der Waals surface area contributed by atoms with Crippen LogP contribution in [0.4, 0.5) is 0 Å². The lowest BCUT2D eigenvalue weighted by Crippen LogP contribution is -2.39. The monoisotopic (exact) mass is 370 g/mol. The summed E-state index contributed by atoms with van der Waals surface area (Å²) in [4.78, 5) is 2.58. The first-order chi connectivity index (χ1) is 11.6. The zero-order valence-electron chi connectivity index (χ0n) is 14.2. The molecule has 2 aliphatic rings. The molecule has 1 aliphatic heterocycles. The topological polar surface area (TPSA) is 38.5 Å². The van der Waals surface area contributed by atoms with Gasteiger partial charge < -0.3 is 15.4 Å². The van der Waals surface area contributed by atoms with Gasteiger partial charge in [0.2, 0.25) is 0 Å². The second kappa shape index (κ2) is 8.75. The molecule has 3 rings (SSSR count). The van der Waals surface area contributed by atoms with E-state index in [0.29, 0.717) is 21.8 Å². The van der Waals surface area contributed by atoms with Crippen molar-refractivity contribution in [3.63, 3.8) is 0 Å². The minimum absolute atomic E-state index is 0.241. The first kappa shape index (κ1) is 18.3. The minimum atomic E-state index is 0.241. The number of rotatable bonds is 5. The highest BCUT2D eigenvalue weighted by Gasteiger charge is 2.23. The smallest absolute Gasteiger partial charge is 0.139 e. The molecule has 134 valence electrons. The Bertz CT molecular complexity index is 524. The second-order valence-corrected chi connectivity index (χ2v) is 8.07. The summed E-state index contributed by atoms with van der Waals surface area (Å²) in [6, 6.07) is 6.02. The third-order valence-electron chi connectivity index (χ3n) is 5.49. The zero-order chi connectivity index (χ0) is 16.9. The second-order valence-electron chi connectivity index (χ2n) is 7.28. The van der Waals surface area contributed by atoms with Crippen molar-refractivity contribution in [3.05, 3.63) is 28.2 Å². The predicted molar refractivity (Wildman–Crippen MR) is 101 cm³/mol. The number of nitrogens with two attached hydrogens (primary N) is 1. The Morgan fingerprint density at radius 3 is 2.46 bits per heavy atom. The van der Waals surface area contributed by atoms with E-state index < -0.39 is 0 Å². The van der Waals surface area contributed by atoms with Gasteiger partial charge in [-0.05, 0) is 69.5 Å². The van der Waals surface area contributed by atoms with Gasteiger partial charge in [-0.1, -0.05) is 29.3 Å². The van der Waals surface area contributed by atoms with Crippen molar-refractivity contribution in [1.29, 1.82) is 0 Å². The molecule has 0 radical (unpaired) electrons. The molecular formula is C19H28Cl2N2O. The van der Waals surface area contributed by atoms with Gasteiger partial charge in [-0.15, -0.1) is 0 Å². The van der Waals surface area contributed by atoms with Crippen LogP contribution >= 0.6 is 23.2 Å². The number of nitrogens with zero attached hydrogens (tertiary/aromatic N) is 1. The quantitative estimate of drug-likeness (QED) is 0.812. The van der Waals surface area contributed by atoms with Crippen LogP contribution < -0.4 is 10.5 Å². The van der Waals surface area contributed by atoms with Gasteiger partial charge in [0, 0.05) is 19.1 Å². The summed E-state index contributed by atoms with van der Waals surface area (Å²) in [6.07, 6.45) is 8.71. The summed E-state index contributed by atoms with van der Waals surface area (Å²) in [7, 11) is 0. The number of piperidine rings is 1. The van der Waals surface area contributed by atoms with Gasteiger partial charge in [-0.2, -0.15) is 0 Å². The van der Waals surface area contributed by atoms with Gasteiger partial charge >= 0.3 is 0 Å². The van der Waals surface area contributed by atoms with Crippen LogP contribution in [-0.4, -0.2) is 36.7 Å². The molecular weight excluding hydrogens is 343 g/mol. The molecule has 0 bridgehead atoms. The van der Waals surface area contributed by atoms with Gasteiger partial charge in [-0.3, -0.25) is 0 Å². The SMILES string of the molecule is N[C@H]1CC[C@H](CCN2CCC(Oc3cccc(Cl)c3Cl)CC2)CC1. The van der Waals surface area contributed by atoms with Crippen LogP contribution in [0.15, 0.2) is 18.2 Å². The summed E-state index contributed by atoms with van der Waals surface area (Å²) >= 11 is 12.3. The Labute approximate surface area is 155 Å². The van der Waals surface area contributed by atoms with Crippen LogP contribution in [0.25, 0.3) is 0 Å². The van der Waals surface area contributed by atoms with Crippen LogP contribution in [0.2, 0.25) is 10.0 Å². The molecule has 0 atom stereocenters. The molecule has 1 saturated heterocycles. The number of benzene rings is 1. The molecule has 0 unspecified atom stereocenters. The Hall–Kier alpha value is -0.480. The van der Waals surface area contributed by atoms with Crippen molar-refractivity contribution >= 4 is 23.2 Å². The third-order valence-corrected chi connectivity index (χ3v) is 6.29. The average molecular weight is 371 g/mol. The average Bonchev–Trinajstić information content (AvgIpc) is 2.60. The molecule has 1 aliphatic carbocycles. The molecule has 1 heterocycles. The van der Waals surface area contributed by atoms with Crippen molar-refractivity contribution in [2.24, 2.45) is 11.7 Å². The summed E-state index contributed by atoms with van der Waals surface area (Å²) in [6.45, 7) is 3.43. The summed E-state index contributed by atoms with van der Waals surface area (Å²) in [5.41, 5.74) is 5.99. The molecule has 1 aromatic carbocycles. The molecule has 1 aromatic rings. The maximum atomic E-state index is 6.21. The lowest BCUT2D eigenvalue weighted by atomic mass is 9.84. The standard InChI is InChI=1S/C19H28Cl2N2O/c20-17-2-1-3-18(19(17)21)24-16-9-12-23(13-10-16)11-8-14-4-6-15(22)7-5-14/h1-3,14-16H,4-13,22H2/t14-,15-. The van der Waals surface area contributed by atoms with E-state index in [1.165, 1.54) is 38.6 Å². The summed E-state index contributed by atoms with van der Waals surface area (Å²) in [5.74, 6) is 1.59. The zero-order valence-corrected chi connectivity index (χ0v) is 15.7. The van der Waals surface area contributed by atoms with Crippen LogP contribution in [-0.2, 0) is 0 Å². The molecule has 24 heavy (non-hydrogen) atoms. The fraction of sp³-hybridized carbons (Fsp3) is 0.684. The van der Waals surface area contributed by atoms with E-state index in [4.69, 9.17) is 33.7 Å². The van der Waals surface area contributed by atoms with E-state index in [0.717, 1.165) is 31.8 Å².